The Bertz CT molecular complexity index is 459. The fraction of sp³-hybridized carbons (Fsp3) is 0.500. The van der Waals surface area contributed by atoms with Crippen molar-refractivity contribution in [3.05, 3.63) is 33.8 Å². The molecule has 3 nitrogen and oxygen atoms in total. The highest BCUT2D eigenvalue weighted by Crippen LogP contribution is 2.27. The number of carbonyl (C=O) groups excluding carboxylic acids is 1. The number of rotatable bonds is 4. The molecule has 0 heterocycles. The van der Waals surface area contributed by atoms with Crippen molar-refractivity contribution >= 4 is 29.1 Å². The van der Waals surface area contributed by atoms with Gasteiger partial charge in [-0.1, -0.05) is 36.0 Å². The second-order valence-electron chi connectivity index (χ2n) is 4.79. The Morgan fingerprint density at radius 2 is 1.95 bits per heavy atom. The SMILES string of the molecule is O=C(c1ccc(Cl)c(Cl)c1)N(CCO)C1CCCC1. The summed E-state index contributed by atoms with van der Waals surface area (Å²) in [7, 11) is 0. The number of aliphatic hydroxyl groups is 1. The molecule has 0 bridgehead atoms. The van der Waals surface area contributed by atoms with Gasteiger partial charge in [0.2, 0.25) is 0 Å². The Morgan fingerprint density at radius 3 is 2.53 bits per heavy atom. The number of hydrogen-bond acceptors (Lipinski definition) is 2. The predicted octanol–water partition coefficient (Wildman–Crippen LogP) is 3.37. The van der Waals surface area contributed by atoms with E-state index in [9.17, 15) is 4.79 Å². The normalized spacial score (nSPS) is 15.7. The molecule has 1 amide bonds. The first kappa shape index (κ1) is 14.6. The summed E-state index contributed by atoms with van der Waals surface area (Å²) >= 11 is 11.8. The second-order valence-corrected chi connectivity index (χ2v) is 5.60. The Labute approximate surface area is 123 Å². The van der Waals surface area contributed by atoms with Crippen LogP contribution in [0.4, 0.5) is 0 Å². The van der Waals surface area contributed by atoms with E-state index in [4.69, 9.17) is 28.3 Å². The third kappa shape index (κ3) is 3.41. The zero-order valence-electron chi connectivity index (χ0n) is 10.6. The van der Waals surface area contributed by atoms with Crippen molar-refractivity contribution in [2.75, 3.05) is 13.2 Å². The van der Waals surface area contributed by atoms with Crippen LogP contribution in [0.3, 0.4) is 0 Å². The van der Waals surface area contributed by atoms with Gasteiger partial charge in [-0.2, -0.15) is 0 Å². The molecule has 1 fully saturated rings. The van der Waals surface area contributed by atoms with E-state index in [1.54, 1.807) is 23.1 Å². The van der Waals surface area contributed by atoms with Crippen LogP contribution in [0, 0.1) is 0 Å². The molecule has 0 aliphatic heterocycles. The lowest BCUT2D eigenvalue weighted by molar-refractivity contribution is 0.0638. The summed E-state index contributed by atoms with van der Waals surface area (Å²) in [6.45, 7) is 0.341. The molecule has 1 aromatic rings. The van der Waals surface area contributed by atoms with E-state index < -0.39 is 0 Å². The number of benzene rings is 1. The number of carbonyl (C=O) groups is 1. The van der Waals surface area contributed by atoms with Crippen LogP contribution in [0.25, 0.3) is 0 Å². The van der Waals surface area contributed by atoms with Crippen molar-refractivity contribution in [3.8, 4) is 0 Å². The average Bonchev–Trinajstić information content (AvgIpc) is 2.92. The Kier molecular flexibility index (Phi) is 5.08. The van der Waals surface area contributed by atoms with Crippen molar-refractivity contribution < 1.29 is 9.90 Å². The van der Waals surface area contributed by atoms with Crippen molar-refractivity contribution in [1.82, 2.24) is 4.90 Å². The van der Waals surface area contributed by atoms with E-state index in [0.717, 1.165) is 25.7 Å². The molecule has 1 aromatic carbocycles. The first-order valence-corrected chi connectivity index (χ1v) is 7.26. The highest BCUT2D eigenvalue weighted by atomic mass is 35.5. The average molecular weight is 302 g/mol. The van der Waals surface area contributed by atoms with Gasteiger partial charge in [0, 0.05) is 18.2 Å². The molecule has 0 atom stereocenters. The zero-order chi connectivity index (χ0) is 13.8. The van der Waals surface area contributed by atoms with Crippen molar-refractivity contribution in [3.63, 3.8) is 0 Å². The molecule has 19 heavy (non-hydrogen) atoms. The van der Waals surface area contributed by atoms with Crippen molar-refractivity contribution in [2.24, 2.45) is 0 Å². The van der Waals surface area contributed by atoms with Crippen LogP contribution >= 0.6 is 23.2 Å². The lowest BCUT2D eigenvalue weighted by atomic mass is 10.1. The Morgan fingerprint density at radius 1 is 1.26 bits per heavy atom. The van der Waals surface area contributed by atoms with Crippen LogP contribution in [0.5, 0.6) is 0 Å². The molecule has 1 aliphatic carbocycles. The van der Waals surface area contributed by atoms with Gasteiger partial charge in [-0.3, -0.25) is 4.79 Å². The summed E-state index contributed by atoms with van der Waals surface area (Å²) in [5.74, 6) is -0.0838. The van der Waals surface area contributed by atoms with E-state index in [-0.39, 0.29) is 18.6 Å². The zero-order valence-corrected chi connectivity index (χ0v) is 12.1. The van der Waals surface area contributed by atoms with Gasteiger partial charge < -0.3 is 10.0 Å². The second kappa shape index (κ2) is 6.60. The molecule has 104 valence electrons. The minimum absolute atomic E-state index is 0.0242. The molecule has 0 saturated heterocycles. The summed E-state index contributed by atoms with van der Waals surface area (Å²) in [6.07, 6.45) is 4.29. The summed E-state index contributed by atoms with van der Waals surface area (Å²) in [6, 6.07) is 5.12. The van der Waals surface area contributed by atoms with Gasteiger partial charge in [-0.25, -0.2) is 0 Å². The van der Waals surface area contributed by atoms with Crippen LogP contribution in [0.2, 0.25) is 10.0 Å². The molecule has 0 unspecified atom stereocenters. The van der Waals surface area contributed by atoms with E-state index in [1.807, 2.05) is 0 Å². The van der Waals surface area contributed by atoms with Crippen molar-refractivity contribution in [2.45, 2.75) is 31.7 Å². The molecule has 1 saturated carbocycles. The van der Waals surface area contributed by atoms with E-state index in [0.29, 0.717) is 22.2 Å². The quantitative estimate of drug-likeness (QED) is 0.926. The van der Waals surface area contributed by atoms with Gasteiger partial charge in [-0.05, 0) is 31.0 Å². The van der Waals surface area contributed by atoms with Gasteiger partial charge >= 0.3 is 0 Å². The van der Waals surface area contributed by atoms with E-state index in [2.05, 4.69) is 0 Å². The minimum Gasteiger partial charge on any atom is -0.395 e. The van der Waals surface area contributed by atoms with Crippen LogP contribution in [-0.2, 0) is 0 Å². The van der Waals surface area contributed by atoms with Crippen molar-refractivity contribution in [1.29, 1.82) is 0 Å². The topological polar surface area (TPSA) is 40.5 Å². The first-order chi connectivity index (χ1) is 9.13. The summed E-state index contributed by atoms with van der Waals surface area (Å²) < 4.78 is 0. The van der Waals surface area contributed by atoms with Gasteiger partial charge in [-0.15, -0.1) is 0 Å². The molecule has 0 spiro atoms. The molecule has 1 N–H and O–H groups in total. The lowest BCUT2D eigenvalue weighted by Crippen LogP contribution is -2.40. The summed E-state index contributed by atoms with van der Waals surface area (Å²) in [5.41, 5.74) is 0.523. The molecule has 5 heteroatoms. The number of halogens is 2. The monoisotopic (exact) mass is 301 g/mol. The molecular weight excluding hydrogens is 285 g/mol. The highest BCUT2D eigenvalue weighted by Gasteiger charge is 2.27. The number of hydrogen-bond donors (Lipinski definition) is 1. The molecule has 2 rings (SSSR count). The smallest absolute Gasteiger partial charge is 0.254 e. The molecule has 0 aromatic heterocycles. The van der Waals surface area contributed by atoms with Crippen LogP contribution < -0.4 is 0 Å². The third-order valence-corrected chi connectivity index (χ3v) is 4.27. The van der Waals surface area contributed by atoms with Crippen LogP contribution in [0.15, 0.2) is 18.2 Å². The van der Waals surface area contributed by atoms with Gasteiger partial charge in [0.25, 0.3) is 5.91 Å². The number of aliphatic hydroxyl groups excluding tert-OH is 1. The van der Waals surface area contributed by atoms with Gasteiger partial charge in [0.05, 0.1) is 16.7 Å². The van der Waals surface area contributed by atoms with Gasteiger partial charge in [0.1, 0.15) is 0 Å². The largest absolute Gasteiger partial charge is 0.395 e. The summed E-state index contributed by atoms with van der Waals surface area (Å²) in [5, 5.41) is 9.97. The Balaban J connectivity index is 2.20. The fourth-order valence-electron chi connectivity index (χ4n) is 2.57. The fourth-order valence-corrected chi connectivity index (χ4v) is 2.87. The highest BCUT2D eigenvalue weighted by molar-refractivity contribution is 6.42. The third-order valence-electron chi connectivity index (χ3n) is 3.53. The molecule has 0 radical (unpaired) electrons. The number of nitrogens with zero attached hydrogens (tertiary/aromatic N) is 1. The number of amides is 1. The molecule has 1 aliphatic rings. The summed E-state index contributed by atoms with van der Waals surface area (Å²) in [4.78, 5) is 14.3. The first-order valence-electron chi connectivity index (χ1n) is 6.50. The van der Waals surface area contributed by atoms with Crippen LogP contribution in [-0.4, -0.2) is 35.1 Å². The lowest BCUT2D eigenvalue weighted by Gasteiger charge is -2.28. The van der Waals surface area contributed by atoms with Crippen LogP contribution in [0.1, 0.15) is 36.0 Å². The maximum Gasteiger partial charge on any atom is 0.254 e. The minimum atomic E-state index is -0.0838. The maximum atomic E-state index is 12.5. The predicted molar refractivity (Wildman–Crippen MR) is 76.8 cm³/mol. The standard InChI is InChI=1S/C14H17Cl2NO2/c15-12-6-5-10(9-13(12)16)14(19)17(7-8-18)11-3-1-2-4-11/h5-6,9,11,18H,1-4,7-8H2. The van der Waals surface area contributed by atoms with Gasteiger partial charge in [0.15, 0.2) is 0 Å². The van der Waals surface area contributed by atoms with E-state index >= 15 is 0 Å². The van der Waals surface area contributed by atoms with E-state index in [1.165, 1.54) is 0 Å². The Hall–Kier alpha value is -0.770. The molecular formula is C14H17Cl2NO2. The maximum absolute atomic E-state index is 12.5.